The second-order valence-electron chi connectivity index (χ2n) is 4.21. The van der Waals surface area contributed by atoms with E-state index in [1.54, 1.807) is 0 Å². The first-order valence-corrected chi connectivity index (χ1v) is 5.23. The minimum absolute atomic E-state index is 0.185. The number of epoxide rings is 1. The van der Waals surface area contributed by atoms with Crippen LogP contribution in [0.3, 0.4) is 0 Å². The van der Waals surface area contributed by atoms with E-state index in [2.05, 4.69) is 43.7 Å². The van der Waals surface area contributed by atoms with Crippen LogP contribution in [-0.4, -0.2) is 5.60 Å². The Bertz CT molecular complexity index is 432. The first-order chi connectivity index (χ1) is 7.27. The molecule has 1 aliphatic heterocycles. The summed E-state index contributed by atoms with van der Waals surface area (Å²) in [6.07, 6.45) is 10.4. The first-order valence-electron chi connectivity index (χ1n) is 5.23. The molecule has 1 spiro atoms. The molecule has 0 N–H and O–H groups in total. The van der Waals surface area contributed by atoms with Crippen LogP contribution in [-0.2, 0) is 10.3 Å². The highest BCUT2D eigenvalue weighted by molar-refractivity contribution is 5.45. The molecule has 2 atom stereocenters. The van der Waals surface area contributed by atoms with Gasteiger partial charge in [0.2, 0.25) is 0 Å². The molecule has 0 saturated carbocycles. The van der Waals surface area contributed by atoms with Crippen molar-refractivity contribution in [3.8, 4) is 0 Å². The minimum atomic E-state index is -0.205. The van der Waals surface area contributed by atoms with E-state index in [1.807, 2.05) is 24.3 Å². The van der Waals surface area contributed by atoms with Crippen LogP contribution in [0.5, 0.6) is 0 Å². The van der Waals surface area contributed by atoms with E-state index >= 15 is 0 Å². The highest BCUT2D eigenvalue weighted by Crippen LogP contribution is 2.58. The molecule has 15 heavy (non-hydrogen) atoms. The lowest BCUT2D eigenvalue weighted by molar-refractivity contribution is 0.303. The summed E-state index contributed by atoms with van der Waals surface area (Å²) in [6.45, 7) is 2.14. The highest BCUT2D eigenvalue weighted by Gasteiger charge is 2.65. The Balaban J connectivity index is 1.96. The van der Waals surface area contributed by atoms with Crippen molar-refractivity contribution in [2.24, 2.45) is 0 Å². The van der Waals surface area contributed by atoms with Gasteiger partial charge in [-0.25, -0.2) is 0 Å². The maximum absolute atomic E-state index is 5.93. The fourth-order valence-corrected chi connectivity index (χ4v) is 2.26. The summed E-state index contributed by atoms with van der Waals surface area (Å²) in [5, 5.41) is 0. The summed E-state index contributed by atoms with van der Waals surface area (Å²) in [6, 6.07) is 10.4. The Labute approximate surface area is 90.1 Å². The third-order valence-electron chi connectivity index (χ3n) is 3.31. The van der Waals surface area contributed by atoms with Gasteiger partial charge in [-0.3, -0.25) is 0 Å². The van der Waals surface area contributed by atoms with Crippen molar-refractivity contribution in [3.63, 3.8) is 0 Å². The average molecular weight is 197 g/mol. The normalized spacial score (nSPS) is 37.1. The van der Waals surface area contributed by atoms with E-state index in [-0.39, 0.29) is 11.2 Å². The molecule has 1 heteroatoms. The van der Waals surface area contributed by atoms with Gasteiger partial charge in [0.1, 0.15) is 11.2 Å². The quantitative estimate of drug-likeness (QED) is 0.630. The highest BCUT2D eigenvalue weighted by atomic mass is 16.6. The largest absolute Gasteiger partial charge is 0.353 e. The predicted molar refractivity (Wildman–Crippen MR) is 60.2 cm³/mol. The van der Waals surface area contributed by atoms with Gasteiger partial charge >= 0.3 is 0 Å². The van der Waals surface area contributed by atoms with Crippen molar-refractivity contribution in [3.05, 3.63) is 66.6 Å². The van der Waals surface area contributed by atoms with E-state index in [9.17, 15) is 0 Å². The molecule has 1 fully saturated rings. The number of hydrogen-bond acceptors (Lipinski definition) is 1. The van der Waals surface area contributed by atoms with Crippen LogP contribution >= 0.6 is 0 Å². The van der Waals surface area contributed by atoms with Gasteiger partial charge in [0.15, 0.2) is 0 Å². The fourth-order valence-electron chi connectivity index (χ4n) is 2.26. The molecular weight excluding hydrogens is 184 g/mol. The Kier molecular flexibility index (Phi) is 1.68. The Hall–Kier alpha value is -1.34. The topological polar surface area (TPSA) is 12.5 Å². The van der Waals surface area contributed by atoms with Crippen LogP contribution in [0.1, 0.15) is 12.5 Å². The number of ether oxygens (including phenoxy) is 1. The van der Waals surface area contributed by atoms with Gasteiger partial charge < -0.3 is 4.74 Å². The van der Waals surface area contributed by atoms with Crippen molar-refractivity contribution in [2.45, 2.75) is 18.1 Å². The lowest BCUT2D eigenvalue weighted by Gasteiger charge is -2.13. The van der Waals surface area contributed by atoms with Crippen molar-refractivity contribution < 1.29 is 4.74 Å². The summed E-state index contributed by atoms with van der Waals surface area (Å²) in [7, 11) is 0. The molecule has 1 heterocycles. The van der Waals surface area contributed by atoms with Gasteiger partial charge in [-0.2, -0.15) is 0 Å². The number of benzene rings is 1. The summed E-state index contributed by atoms with van der Waals surface area (Å²) in [5.41, 5.74) is 0.847. The summed E-state index contributed by atoms with van der Waals surface area (Å²) in [5.74, 6) is 0. The summed E-state index contributed by atoms with van der Waals surface area (Å²) < 4.78 is 5.93. The van der Waals surface area contributed by atoms with Crippen molar-refractivity contribution in [1.82, 2.24) is 0 Å². The third kappa shape index (κ3) is 1.13. The first kappa shape index (κ1) is 8.93. The Morgan fingerprint density at radius 1 is 1.00 bits per heavy atom. The van der Waals surface area contributed by atoms with Crippen LogP contribution in [0.25, 0.3) is 0 Å². The second kappa shape index (κ2) is 2.83. The average Bonchev–Trinajstić information content (AvgIpc) is 2.87. The van der Waals surface area contributed by atoms with Gasteiger partial charge in [0.25, 0.3) is 0 Å². The van der Waals surface area contributed by atoms with Crippen LogP contribution in [0.15, 0.2) is 54.6 Å². The molecule has 1 aliphatic carbocycles. The zero-order valence-corrected chi connectivity index (χ0v) is 8.68. The van der Waals surface area contributed by atoms with Crippen molar-refractivity contribution in [1.29, 1.82) is 0 Å². The van der Waals surface area contributed by atoms with Gasteiger partial charge in [-0.05, 0) is 18.6 Å². The molecule has 75 valence electrons. The lowest BCUT2D eigenvalue weighted by Crippen LogP contribution is -2.20. The van der Waals surface area contributed by atoms with E-state index in [0.717, 1.165) is 0 Å². The second-order valence-corrected chi connectivity index (χ2v) is 4.21. The van der Waals surface area contributed by atoms with E-state index in [4.69, 9.17) is 4.74 Å². The predicted octanol–water partition coefficient (Wildman–Crippen LogP) is 3.00. The number of allylic oxidation sites excluding steroid dienone is 2. The van der Waals surface area contributed by atoms with Crippen LogP contribution in [0.2, 0.25) is 0 Å². The zero-order chi connectivity index (χ0) is 10.4. The lowest BCUT2D eigenvalue weighted by atomic mass is 9.84. The number of hydrogen-bond donors (Lipinski definition) is 0. The van der Waals surface area contributed by atoms with E-state index in [1.165, 1.54) is 5.56 Å². The van der Waals surface area contributed by atoms with E-state index in [0.29, 0.717) is 0 Å². The minimum Gasteiger partial charge on any atom is -0.353 e. The maximum Gasteiger partial charge on any atom is 0.128 e. The smallest absolute Gasteiger partial charge is 0.128 e. The molecule has 2 unspecified atom stereocenters. The van der Waals surface area contributed by atoms with Crippen LogP contribution in [0, 0.1) is 6.42 Å². The SMILES string of the molecule is CC1(c2ccccc2)OC12[CH]C=CC=C2. The van der Waals surface area contributed by atoms with Gasteiger partial charge in [-0.1, -0.05) is 48.6 Å². The van der Waals surface area contributed by atoms with Gasteiger partial charge in [0.05, 0.1) is 0 Å². The third-order valence-corrected chi connectivity index (χ3v) is 3.31. The van der Waals surface area contributed by atoms with Crippen LogP contribution < -0.4 is 0 Å². The molecule has 1 radical (unpaired) electrons. The molecule has 0 bridgehead atoms. The maximum atomic E-state index is 5.93. The molecule has 1 aromatic rings. The number of rotatable bonds is 1. The monoisotopic (exact) mass is 197 g/mol. The standard InChI is InChI=1S/C14H13O/c1-13(12-8-4-2-5-9-12)14(15-13)10-6-3-7-11-14/h2-11H,1H3. The summed E-state index contributed by atoms with van der Waals surface area (Å²) in [4.78, 5) is 0. The molecule has 2 aliphatic rings. The van der Waals surface area contributed by atoms with Crippen molar-refractivity contribution >= 4 is 0 Å². The Morgan fingerprint density at radius 2 is 1.80 bits per heavy atom. The molecule has 1 nitrogen and oxygen atoms in total. The molecule has 3 rings (SSSR count). The molecular formula is C14H13O. The molecule has 1 saturated heterocycles. The fraction of sp³-hybridized carbons (Fsp3) is 0.214. The van der Waals surface area contributed by atoms with Gasteiger partial charge in [-0.15, -0.1) is 0 Å². The summed E-state index contributed by atoms with van der Waals surface area (Å²) >= 11 is 0. The van der Waals surface area contributed by atoms with Crippen LogP contribution in [0.4, 0.5) is 0 Å². The Morgan fingerprint density at radius 3 is 2.47 bits per heavy atom. The molecule has 0 aromatic heterocycles. The molecule has 0 amide bonds. The van der Waals surface area contributed by atoms with E-state index < -0.39 is 0 Å². The van der Waals surface area contributed by atoms with Crippen molar-refractivity contribution in [2.75, 3.05) is 0 Å². The van der Waals surface area contributed by atoms with Gasteiger partial charge in [0, 0.05) is 6.42 Å². The molecule has 1 aromatic carbocycles. The zero-order valence-electron chi connectivity index (χ0n) is 8.68.